The van der Waals surface area contributed by atoms with E-state index >= 15 is 0 Å². The van der Waals surface area contributed by atoms with E-state index in [1.807, 2.05) is 34.6 Å². The Labute approximate surface area is 122 Å². The van der Waals surface area contributed by atoms with Gasteiger partial charge in [0.15, 0.2) is 0 Å². The lowest BCUT2D eigenvalue weighted by atomic mass is 9.92. The van der Waals surface area contributed by atoms with Crippen LogP contribution < -0.4 is 0 Å². The third-order valence-corrected chi connectivity index (χ3v) is 3.12. The number of hydrogen-bond acceptors (Lipinski definition) is 5. The van der Waals surface area contributed by atoms with E-state index in [0.717, 1.165) is 0 Å². The number of aliphatic hydroxyl groups excluding tert-OH is 3. The van der Waals surface area contributed by atoms with Crippen LogP contribution >= 0.6 is 0 Å². The Morgan fingerprint density at radius 3 is 1.20 bits per heavy atom. The molecule has 0 aliphatic rings. The molecule has 0 saturated heterocycles. The molecule has 0 rings (SSSR count). The highest BCUT2D eigenvalue weighted by Crippen LogP contribution is 2.22. The molecule has 0 bridgehead atoms. The molecule has 20 heavy (non-hydrogen) atoms. The van der Waals surface area contributed by atoms with Gasteiger partial charge in [0, 0.05) is 16.2 Å². The van der Waals surface area contributed by atoms with E-state index in [4.69, 9.17) is 19.7 Å². The summed E-state index contributed by atoms with van der Waals surface area (Å²) in [7, 11) is 0. The maximum Gasteiger partial charge on any atom is 0.0564 e. The minimum atomic E-state index is -0.475. The van der Waals surface area contributed by atoms with Gasteiger partial charge in [-0.2, -0.15) is 0 Å². The van der Waals surface area contributed by atoms with E-state index in [1.54, 1.807) is 0 Å². The molecule has 0 radical (unpaired) electrons. The van der Waals surface area contributed by atoms with Gasteiger partial charge in [0.25, 0.3) is 0 Å². The molecule has 0 unspecified atom stereocenters. The Morgan fingerprint density at radius 1 is 0.600 bits per heavy atom. The summed E-state index contributed by atoms with van der Waals surface area (Å²) in [5.41, 5.74) is -1.04. The SMILES string of the molecule is CC(C)(CO)COCC(C)(CO)COCC(C)(C)CO. The summed E-state index contributed by atoms with van der Waals surface area (Å²) in [4.78, 5) is 0. The number of hydrogen-bond donors (Lipinski definition) is 3. The highest BCUT2D eigenvalue weighted by Gasteiger charge is 2.27. The Bertz CT molecular complexity index is 241. The van der Waals surface area contributed by atoms with Crippen molar-refractivity contribution in [3.8, 4) is 0 Å². The highest BCUT2D eigenvalue weighted by molar-refractivity contribution is 4.75. The monoisotopic (exact) mass is 292 g/mol. The Kier molecular flexibility index (Phi) is 8.21. The number of ether oxygens (including phenoxy) is 2. The van der Waals surface area contributed by atoms with Crippen molar-refractivity contribution in [3.63, 3.8) is 0 Å². The van der Waals surface area contributed by atoms with E-state index in [1.165, 1.54) is 0 Å². The van der Waals surface area contributed by atoms with Gasteiger partial charge < -0.3 is 24.8 Å². The van der Waals surface area contributed by atoms with Crippen LogP contribution in [0.4, 0.5) is 0 Å². The summed E-state index contributed by atoms with van der Waals surface area (Å²) in [6.45, 7) is 11.3. The summed E-state index contributed by atoms with van der Waals surface area (Å²) < 4.78 is 11.2. The molecule has 5 heteroatoms. The molecule has 0 aliphatic heterocycles. The van der Waals surface area contributed by atoms with Crippen molar-refractivity contribution in [2.24, 2.45) is 16.2 Å². The zero-order valence-corrected chi connectivity index (χ0v) is 13.6. The van der Waals surface area contributed by atoms with Crippen LogP contribution in [0.5, 0.6) is 0 Å². The van der Waals surface area contributed by atoms with Gasteiger partial charge in [0.1, 0.15) is 0 Å². The van der Waals surface area contributed by atoms with Gasteiger partial charge >= 0.3 is 0 Å². The van der Waals surface area contributed by atoms with Crippen molar-refractivity contribution in [1.82, 2.24) is 0 Å². The summed E-state index contributed by atoms with van der Waals surface area (Å²) in [5.74, 6) is 0. The molecule has 0 saturated carbocycles. The summed E-state index contributed by atoms with van der Waals surface area (Å²) in [6.07, 6.45) is 0. The van der Waals surface area contributed by atoms with E-state index in [9.17, 15) is 5.11 Å². The molecule has 0 spiro atoms. The minimum absolute atomic E-state index is 0.0356. The fraction of sp³-hybridized carbons (Fsp3) is 1.00. The van der Waals surface area contributed by atoms with Gasteiger partial charge in [-0.05, 0) is 0 Å². The maximum atomic E-state index is 9.50. The molecular weight excluding hydrogens is 260 g/mol. The van der Waals surface area contributed by atoms with Gasteiger partial charge in [-0.3, -0.25) is 0 Å². The van der Waals surface area contributed by atoms with E-state index in [-0.39, 0.29) is 30.7 Å². The smallest absolute Gasteiger partial charge is 0.0564 e. The third-order valence-electron chi connectivity index (χ3n) is 3.12. The van der Waals surface area contributed by atoms with Crippen molar-refractivity contribution in [1.29, 1.82) is 0 Å². The van der Waals surface area contributed by atoms with E-state index in [2.05, 4.69) is 0 Å². The lowest BCUT2D eigenvalue weighted by Gasteiger charge is -2.31. The van der Waals surface area contributed by atoms with Crippen LogP contribution in [-0.2, 0) is 9.47 Å². The molecule has 3 N–H and O–H groups in total. The van der Waals surface area contributed by atoms with Crippen LogP contribution in [0, 0.1) is 16.2 Å². The molecule has 122 valence electrons. The predicted molar refractivity (Wildman–Crippen MR) is 78.6 cm³/mol. The van der Waals surface area contributed by atoms with Crippen molar-refractivity contribution < 1.29 is 24.8 Å². The Balaban J connectivity index is 4.14. The van der Waals surface area contributed by atoms with Crippen molar-refractivity contribution in [2.45, 2.75) is 34.6 Å². The van der Waals surface area contributed by atoms with Gasteiger partial charge in [-0.25, -0.2) is 0 Å². The first-order chi connectivity index (χ1) is 9.10. The largest absolute Gasteiger partial charge is 0.396 e. The summed E-state index contributed by atoms with van der Waals surface area (Å²) in [5, 5.41) is 27.8. The van der Waals surface area contributed by atoms with Gasteiger partial charge in [0.2, 0.25) is 0 Å². The Morgan fingerprint density at radius 2 is 0.950 bits per heavy atom. The molecular formula is C15H32O5. The molecule has 0 aromatic rings. The molecule has 0 aliphatic carbocycles. The summed E-state index contributed by atoms with van der Waals surface area (Å²) in [6, 6.07) is 0. The molecule has 0 fully saturated rings. The lowest BCUT2D eigenvalue weighted by Crippen LogP contribution is -2.36. The number of aliphatic hydroxyl groups is 3. The lowest BCUT2D eigenvalue weighted by molar-refractivity contribution is -0.0760. The first kappa shape index (κ1) is 19.8. The van der Waals surface area contributed by atoms with Crippen molar-refractivity contribution in [3.05, 3.63) is 0 Å². The normalized spacial score (nSPS) is 13.8. The quantitative estimate of drug-likeness (QED) is 0.530. The zero-order valence-electron chi connectivity index (χ0n) is 13.6. The zero-order chi connectivity index (χ0) is 15.9. The molecule has 0 heterocycles. The average Bonchev–Trinajstić information content (AvgIpc) is 2.38. The van der Waals surface area contributed by atoms with Crippen LogP contribution in [-0.4, -0.2) is 61.6 Å². The first-order valence-electron chi connectivity index (χ1n) is 7.08. The third kappa shape index (κ3) is 8.17. The van der Waals surface area contributed by atoms with Crippen LogP contribution in [0.25, 0.3) is 0 Å². The van der Waals surface area contributed by atoms with Gasteiger partial charge in [0.05, 0.1) is 46.2 Å². The second kappa shape index (κ2) is 8.29. The van der Waals surface area contributed by atoms with Crippen LogP contribution in [0.15, 0.2) is 0 Å². The Hall–Kier alpha value is -0.200. The molecule has 0 aromatic carbocycles. The molecule has 0 aromatic heterocycles. The summed E-state index contributed by atoms with van der Waals surface area (Å²) >= 11 is 0. The van der Waals surface area contributed by atoms with Gasteiger partial charge in [-0.15, -0.1) is 0 Å². The maximum absolute atomic E-state index is 9.50. The standard InChI is InChI=1S/C15H32O5/c1-13(2,6-16)9-19-11-15(5,8-18)12-20-10-14(3,4)7-17/h16-18H,6-12H2,1-5H3. The molecule has 0 amide bonds. The first-order valence-corrected chi connectivity index (χ1v) is 7.08. The fourth-order valence-electron chi connectivity index (χ4n) is 1.37. The van der Waals surface area contributed by atoms with Crippen LogP contribution in [0.2, 0.25) is 0 Å². The predicted octanol–water partition coefficient (Wildman–Crippen LogP) is 1.06. The van der Waals surface area contributed by atoms with Crippen LogP contribution in [0.1, 0.15) is 34.6 Å². The van der Waals surface area contributed by atoms with Crippen LogP contribution in [0.3, 0.4) is 0 Å². The topological polar surface area (TPSA) is 79.2 Å². The second-order valence-corrected chi connectivity index (χ2v) is 7.60. The molecule has 0 atom stereocenters. The average molecular weight is 292 g/mol. The van der Waals surface area contributed by atoms with E-state index in [0.29, 0.717) is 26.4 Å². The van der Waals surface area contributed by atoms with E-state index < -0.39 is 5.41 Å². The highest BCUT2D eigenvalue weighted by atomic mass is 16.5. The molecule has 5 nitrogen and oxygen atoms in total. The van der Waals surface area contributed by atoms with Crippen molar-refractivity contribution >= 4 is 0 Å². The second-order valence-electron chi connectivity index (χ2n) is 7.60. The minimum Gasteiger partial charge on any atom is -0.396 e. The van der Waals surface area contributed by atoms with Crippen molar-refractivity contribution in [2.75, 3.05) is 46.2 Å². The van der Waals surface area contributed by atoms with Gasteiger partial charge in [-0.1, -0.05) is 34.6 Å². The number of rotatable bonds is 11. The fourth-order valence-corrected chi connectivity index (χ4v) is 1.37.